The van der Waals surface area contributed by atoms with Crippen molar-refractivity contribution >= 4 is 10.0 Å². The lowest BCUT2D eigenvalue weighted by Gasteiger charge is -2.17. The van der Waals surface area contributed by atoms with E-state index in [1.807, 2.05) is 13.8 Å². The summed E-state index contributed by atoms with van der Waals surface area (Å²) in [5.74, 6) is 0.0597. The van der Waals surface area contributed by atoms with E-state index in [0.29, 0.717) is 0 Å². The first-order chi connectivity index (χ1) is 7.47. The van der Waals surface area contributed by atoms with Crippen LogP contribution in [0.1, 0.15) is 20.3 Å². The number of aromatic nitrogens is 2. The standard InChI is InChI=1S/C9H17N3O3S/c1-3-7(2)8(13)4-12-16(14,15)9-5-10-6-11-9/h5-8,12-13H,3-4H2,1-2H3,(H,10,11). The molecule has 0 spiro atoms. The summed E-state index contributed by atoms with van der Waals surface area (Å²) in [6.45, 7) is 3.82. The molecular formula is C9H17N3O3S. The van der Waals surface area contributed by atoms with E-state index in [4.69, 9.17) is 0 Å². The minimum Gasteiger partial charge on any atom is -0.391 e. The minimum absolute atomic E-state index is 0.00357. The Labute approximate surface area is 95.2 Å². The average Bonchev–Trinajstić information content (AvgIpc) is 2.78. The number of H-pyrrole nitrogens is 1. The van der Waals surface area contributed by atoms with E-state index in [1.165, 1.54) is 12.5 Å². The lowest BCUT2D eigenvalue weighted by molar-refractivity contribution is 0.118. The molecule has 3 N–H and O–H groups in total. The van der Waals surface area contributed by atoms with Crippen LogP contribution in [0.25, 0.3) is 0 Å². The zero-order valence-corrected chi connectivity index (χ0v) is 10.2. The van der Waals surface area contributed by atoms with E-state index in [1.54, 1.807) is 0 Å². The molecule has 1 aromatic rings. The lowest BCUT2D eigenvalue weighted by Crippen LogP contribution is -2.35. The highest BCUT2D eigenvalue weighted by Gasteiger charge is 2.19. The summed E-state index contributed by atoms with van der Waals surface area (Å²) in [4.78, 5) is 6.13. The number of aliphatic hydroxyl groups excluding tert-OH is 1. The third-order valence-electron chi connectivity index (χ3n) is 2.55. The van der Waals surface area contributed by atoms with Crippen LogP contribution in [0, 0.1) is 5.92 Å². The van der Waals surface area contributed by atoms with Gasteiger partial charge in [0.05, 0.1) is 18.6 Å². The summed E-state index contributed by atoms with van der Waals surface area (Å²) in [6, 6.07) is 0. The molecule has 1 heterocycles. The van der Waals surface area contributed by atoms with Gasteiger partial charge in [-0.05, 0) is 5.92 Å². The third-order valence-corrected chi connectivity index (χ3v) is 3.89. The van der Waals surface area contributed by atoms with Crippen molar-refractivity contribution < 1.29 is 13.5 Å². The van der Waals surface area contributed by atoms with E-state index in [9.17, 15) is 13.5 Å². The molecule has 0 aliphatic carbocycles. The first-order valence-electron chi connectivity index (χ1n) is 5.13. The largest absolute Gasteiger partial charge is 0.391 e. The van der Waals surface area contributed by atoms with Crippen LogP contribution in [-0.4, -0.2) is 36.1 Å². The van der Waals surface area contributed by atoms with Crippen LogP contribution >= 0.6 is 0 Å². The van der Waals surface area contributed by atoms with Crippen molar-refractivity contribution in [3.63, 3.8) is 0 Å². The van der Waals surface area contributed by atoms with Crippen molar-refractivity contribution in [2.75, 3.05) is 6.54 Å². The SMILES string of the molecule is CCC(C)C(O)CNS(=O)(=O)c1cnc[nH]1. The maximum atomic E-state index is 11.6. The molecule has 6 nitrogen and oxygen atoms in total. The highest BCUT2D eigenvalue weighted by Crippen LogP contribution is 2.08. The van der Waals surface area contributed by atoms with Gasteiger partial charge in [0.25, 0.3) is 10.0 Å². The van der Waals surface area contributed by atoms with Gasteiger partial charge in [-0.3, -0.25) is 0 Å². The van der Waals surface area contributed by atoms with Crippen LogP contribution in [0.4, 0.5) is 0 Å². The van der Waals surface area contributed by atoms with Crippen LogP contribution < -0.4 is 4.72 Å². The number of hydrogen-bond donors (Lipinski definition) is 3. The highest BCUT2D eigenvalue weighted by atomic mass is 32.2. The van der Waals surface area contributed by atoms with Crippen molar-refractivity contribution in [2.45, 2.75) is 31.4 Å². The molecule has 0 fully saturated rings. The van der Waals surface area contributed by atoms with Gasteiger partial charge >= 0.3 is 0 Å². The van der Waals surface area contributed by atoms with E-state index < -0.39 is 16.1 Å². The minimum atomic E-state index is -3.58. The fourth-order valence-electron chi connectivity index (χ4n) is 1.14. The smallest absolute Gasteiger partial charge is 0.257 e. The van der Waals surface area contributed by atoms with Crippen LogP contribution in [0.3, 0.4) is 0 Å². The normalized spacial score (nSPS) is 15.9. The molecule has 0 aliphatic rings. The lowest BCUT2D eigenvalue weighted by atomic mass is 10.0. The van der Waals surface area contributed by atoms with Gasteiger partial charge in [0.15, 0.2) is 5.03 Å². The molecule has 0 saturated carbocycles. The third kappa shape index (κ3) is 3.29. The van der Waals surface area contributed by atoms with Gasteiger partial charge in [0.2, 0.25) is 0 Å². The summed E-state index contributed by atoms with van der Waals surface area (Å²) in [6.07, 6.45) is 2.63. The molecule has 7 heteroatoms. The van der Waals surface area contributed by atoms with Gasteiger partial charge in [0.1, 0.15) is 0 Å². The molecule has 92 valence electrons. The Morgan fingerprint density at radius 1 is 1.62 bits per heavy atom. The quantitative estimate of drug-likeness (QED) is 0.664. The topological polar surface area (TPSA) is 95.1 Å². The maximum absolute atomic E-state index is 11.6. The number of rotatable bonds is 6. The van der Waals surface area contributed by atoms with Crippen LogP contribution in [-0.2, 0) is 10.0 Å². The summed E-state index contributed by atoms with van der Waals surface area (Å²) in [5.41, 5.74) is 0. The fourth-order valence-corrected chi connectivity index (χ4v) is 2.09. The fraction of sp³-hybridized carbons (Fsp3) is 0.667. The predicted octanol–water partition coefficient (Wildman–Crippen LogP) is 0.0950. The van der Waals surface area contributed by atoms with Gasteiger partial charge < -0.3 is 10.1 Å². The second kappa shape index (κ2) is 5.42. The molecule has 0 aromatic carbocycles. The van der Waals surface area contributed by atoms with Crippen LogP contribution in [0.2, 0.25) is 0 Å². The molecule has 0 aliphatic heterocycles. The first-order valence-corrected chi connectivity index (χ1v) is 6.61. The number of aliphatic hydroxyl groups is 1. The molecule has 2 unspecified atom stereocenters. The van der Waals surface area contributed by atoms with Gasteiger partial charge in [-0.15, -0.1) is 0 Å². The number of nitrogens with zero attached hydrogens (tertiary/aromatic N) is 1. The zero-order valence-electron chi connectivity index (χ0n) is 9.34. The summed E-state index contributed by atoms with van der Waals surface area (Å²) in [5, 5.41) is 9.63. The Balaban J connectivity index is 2.56. The molecule has 0 amide bonds. The maximum Gasteiger partial charge on any atom is 0.257 e. The number of aromatic amines is 1. The Hall–Kier alpha value is -0.920. The molecule has 0 bridgehead atoms. The number of hydrogen-bond acceptors (Lipinski definition) is 4. The van der Waals surface area contributed by atoms with Crippen LogP contribution in [0.5, 0.6) is 0 Å². The van der Waals surface area contributed by atoms with Gasteiger partial charge in [-0.25, -0.2) is 18.1 Å². The second-order valence-corrected chi connectivity index (χ2v) is 5.46. The van der Waals surface area contributed by atoms with Crippen molar-refractivity contribution in [1.82, 2.24) is 14.7 Å². The molecule has 1 aromatic heterocycles. The van der Waals surface area contributed by atoms with Gasteiger partial charge in [-0.2, -0.15) is 0 Å². The second-order valence-electron chi connectivity index (χ2n) is 3.72. The molecule has 2 atom stereocenters. The monoisotopic (exact) mass is 247 g/mol. The molecule has 16 heavy (non-hydrogen) atoms. The van der Waals surface area contributed by atoms with E-state index >= 15 is 0 Å². The first kappa shape index (κ1) is 13.1. The zero-order chi connectivity index (χ0) is 12.2. The average molecular weight is 247 g/mol. The Morgan fingerprint density at radius 3 is 2.81 bits per heavy atom. The molecular weight excluding hydrogens is 230 g/mol. The summed E-state index contributed by atoms with van der Waals surface area (Å²) >= 11 is 0. The number of nitrogens with one attached hydrogen (secondary N) is 2. The Morgan fingerprint density at radius 2 is 2.31 bits per heavy atom. The Bertz CT molecular complexity index is 402. The van der Waals surface area contributed by atoms with Crippen LogP contribution in [0.15, 0.2) is 17.6 Å². The van der Waals surface area contributed by atoms with Crippen molar-refractivity contribution in [3.8, 4) is 0 Å². The van der Waals surface area contributed by atoms with Gasteiger partial charge in [-0.1, -0.05) is 20.3 Å². The molecule has 0 radical (unpaired) electrons. The van der Waals surface area contributed by atoms with Crippen molar-refractivity contribution in [3.05, 3.63) is 12.5 Å². The van der Waals surface area contributed by atoms with E-state index in [2.05, 4.69) is 14.7 Å². The number of imidazole rings is 1. The number of sulfonamides is 1. The van der Waals surface area contributed by atoms with Gasteiger partial charge in [0, 0.05) is 6.54 Å². The predicted molar refractivity (Wildman–Crippen MR) is 59.2 cm³/mol. The van der Waals surface area contributed by atoms with Crippen molar-refractivity contribution in [1.29, 1.82) is 0 Å². The highest BCUT2D eigenvalue weighted by molar-refractivity contribution is 7.89. The van der Waals surface area contributed by atoms with E-state index in [0.717, 1.165) is 6.42 Å². The molecule has 1 rings (SSSR count). The van der Waals surface area contributed by atoms with Crippen molar-refractivity contribution in [2.24, 2.45) is 5.92 Å². The Kier molecular flexibility index (Phi) is 4.45. The molecule has 0 saturated heterocycles. The summed E-state index contributed by atoms with van der Waals surface area (Å²) < 4.78 is 25.6. The summed E-state index contributed by atoms with van der Waals surface area (Å²) in [7, 11) is -3.58. The van der Waals surface area contributed by atoms with E-state index in [-0.39, 0.29) is 17.5 Å².